The van der Waals surface area contributed by atoms with Gasteiger partial charge < -0.3 is 4.42 Å². The quantitative estimate of drug-likeness (QED) is 0.188. The maximum Gasteiger partial charge on any atom is 0.238 e. The minimum absolute atomic E-state index is 0.573. The Bertz CT molecular complexity index is 2800. The van der Waals surface area contributed by atoms with Crippen LogP contribution >= 0.6 is 0 Å². The number of benzene rings is 7. The van der Waals surface area contributed by atoms with Crippen LogP contribution in [0.4, 0.5) is 0 Å². The van der Waals surface area contributed by atoms with E-state index in [1.54, 1.807) is 0 Å². The van der Waals surface area contributed by atoms with E-state index < -0.39 is 0 Å². The summed E-state index contributed by atoms with van der Waals surface area (Å²) in [6.07, 6.45) is 0. The summed E-state index contributed by atoms with van der Waals surface area (Å²) in [5.41, 5.74) is 10.3. The van der Waals surface area contributed by atoms with Gasteiger partial charge in [0.05, 0.1) is 11.0 Å². The van der Waals surface area contributed by atoms with Crippen molar-refractivity contribution < 1.29 is 4.42 Å². The molecule has 0 amide bonds. The highest BCUT2D eigenvalue weighted by Gasteiger charge is 2.19. The molecule has 10 rings (SSSR count). The molecule has 3 aromatic heterocycles. The molecule has 5 heteroatoms. The first-order chi connectivity index (χ1) is 24.8. The van der Waals surface area contributed by atoms with Crippen molar-refractivity contribution in [3.8, 4) is 51.0 Å². The van der Waals surface area contributed by atoms with Crippen molar-refractivity contribution in [1.29, 1.82) is 0 Å². The molecule has 0 atom stereocenters. The third kappa shape index (κ3) is 4.67. The number of furan rings is 1. The molecule has 0 aliphatic rings. The van der Waals surface area contributed by atoms with Gasteiger partial charge in [-0.05, 0) is 64.7 Å². The molecule has 0 fully saturated rings. The van der Waals surface area contributed by atoms with Crippen molar-refractivity contribution in [3.05, 3.63) is 170 Å². The van der Waals surface area contributed by atoms with Gasteiger partial charge in [-0.15, -0.1) is 0 Å². The van der Waals surface area contributed by atoms with E-state index in [2.05, 4.69) is 102 Å². The van der Waals surface area contributed by atoms with Gasteiger partial charge in [-0.3, -0.25) is 4.57 Å². The summed E-state index contributed by atoms with van der Waals surface area (Å²) in [4.78, 5) is 15.2. The maximum atomic E-state index is 6.14. The van der Waals surface area contributed by atoms with Crippen molar-refractivity contribution in [3.63, 3.8) is 0 Å². The second kappa shape index (κ2) is 11.4. The van der Waals surface area contributed by atoms with Crippen LogP contribution in [-0.2, 0) is 0 Å². The zero-order chi connectivity index (χ0) is 33.0. The number of aromatic nitrogens is 4. The van der Waals surface area contributed by atoms with Gasteiger partial charge in [-0.1, -0.05) is 127 Å². The number of hydrogen-bond acceptors (Lipinski definition) is 4. The molecular formula is C45H28N4O. The number of hydrogen-bond donors (Lipinski definition) is 0. The highest BCUT2D eigenvalue weighted by molar-refractivity contribution is 6.12. The standard InChI is InChI=1S/C45H28N4O/c1-4-12-29(13-5-1)32-20-23-39-36(26-32)37-27-33(34-22-25-42-38(28-34)35-18-10-11-19-41(35)50-42)21-24-40(37)49(39)45-47-43(30-14-6-2-7-15-30)46-44(48-45)31-16-8-3-9-17-31/h1-28H. The van der Waals surface area contributed by atoms with Crippen molar-refractivity contribution in [2.24, 2.45) is 0 Å². The average molecular weight is 641 g/mol. The predicted molar refractivity (Wildman–Crippen MR) is 203 cm³/mol. The first-order valence-electron chi connectivity index (χ1n) is 16.7. The van der Waals surface area contributed by atoms with Gasteiger partial charge in [0, 0.05) is 32.7 Å². The van der Waals surface area contributed by atoms with E-state index in [0.29, 0.717) is 17.6 Å². The van der Waals surface area contributed by atoms with Crippen LogP contribution in [0.15, 0.2) is 174 Å². The molecule has 234 valence electrons. The topological polar surface area (TPSA) is 56.7 Å². The lowest BCUT2D eigenvalue weighted by atomic mass is 9.99. The van der Waals surface area contributed by atoms with Gasteiger partial charge in [0.1, 0.15) is 11.2 Å². The van der Waals surface area contributed by atoms with Crippen molar-refractivity contribution in [2.75, 3.05) is 0 Å². The molecular weight excluding hydrogens is 613 g/mol. The van der Waals surface area contributed by atoms with Crippen LogP contribution in [0.5, 0.6) is 0 Å². The van der Waals surface area contributed by atoms with Crippen molar-refractivity contribution in [1.82, 2.24) is 19.5 Å². The van der Waals surface area contributed by atoms with Crippen LogP contribution in [0, 0.1) is 0 Å². The third-order valence-corrected chi connectivity index (χ3v) is 9.47. The minimum atomic E-state index is 0.573. The van der Waals surface area contributed by atoms with E-state index in [1.165, 1.54) is 5.56 Å². The van der Waals surface area contributed by atoms with Gasteiger partial charge in [0.15, 0.2) is 11.6 Å². The van der Waals surface area contributed by atoms with Crippen molar-refractivity contribution >= 4 is 43.7 Å². The third-order valence-electron chi connectivity index (χ3n) is 9.47. The first kappa shape index (κ1) is 28.2. The summed E-state index contributed by atoms with van der Waals surface area (Å²) >= 11 is 0. The molecule has 5 nitrogen and oxygen atoms in total. The molecule has 0 bridgehead atoms. The minimum Gasteiger partial charge on any atom is -0.456 e. The molecule has 3 heterocycles. The van der Waals surface area contributed by atoms with Crippen LogP contribution in [0.25, 0.3) is 94.7 Å². The largest absolute Gasteiger partial charge is 0.456 e. The molecule has 0 unspecified atom stereocenters. The van der Waals surface area contributed by atoms with Crippen LogP contribution in [-0.4, -0.2) is 19.5 Å². The summed E-state index contributed by atoms with van der Waals surface area (Å²) < 4.78 is 8.32. The van der Waals surface area contributed by atoms with Gasteiger partial charge in [0.25, 0.3) is 0 Å². The normalized spacial score (nSPS) is 11.6. The smallest absolute Gasteiger partial charge is 0.238 e. The lowest BCUT2D eigenvalue weighted by Crippen LogP contribution is -2.06. The maximum absolute atomic E-state index is 6.14. The fraction of sp³-hybridized carbons (Fsp3) is 0. The zero-order valence-electron chi connectivity index (χ0n) is 26.9. The van der Waals surface area contributed by atoms with Gasteiger partial charge >= 0.3 is 0 Å². The summed E-state index contributed by atoms with van der Waals surface area (Å²) in [6.45, 7) is 0. The highest BCUT2D eigenvalue weighted by atomic mass is 16.3. The van der Waals surface area contributed by atoms with Crippen LogP contribution in [0.3, 0.4) is 0 Å². The van der Waals surface area contributed by atoms with Crippen LogP contribution in [0.1, 0.15) is 0 Å². The van der Waals surface area contributed by atoms with Crippen LogP contribution < -0.4 is 0 Å². The van der Waals surface area contributed by atoms with Crippen LogP contribution in [0.2, 0.25) is 0 Å². The van der Waals surface area contributed by atoms with Gasteiger partial charge in [0.2, 0.25) is 5.95 Å². The summed E-state index contributed by atoms with van der Waals surface area (Å²) in [7, 11) is 0. The predicted octanol–water partition coefficient (Wildman–Crippen LogP) is 11.5. The summed E-state index contributed by atoms with van der Waals surface area (Å²) in [5.74, 6) is 1.83. The zero-order valence-corrected chi connectivity index (χ0v) is 26.9. The monoisotopic (exact) mass is 640 g/mol. The fourth-order valence-corrected chi connectivity index (χ4v) is 7.03. The molecule has 0 aliphatic heterocycles. The number of rotatable bonds is 5. The molecule has 10 aromatic rings. The van der Waals surface area contributed by atoms with E-state index in [1.807, 2.05) is 72.8 Å². The van der Waals surface area contributed by atoms with Gasteiger partial charge in [-0.2, -0.15) is 9.97 Å². The van der Waals surface area contributed by atoms with E-state index in [4.69, 9.17) is 19.4 Å². The second-order valence-electron chi connectivity index (χ2n) is 12.5. The Morgan fingerprint density at radius 1 is 0.340 bits per heavy atom. The Labute approximate surface area is 287 Å². The Hall–Kier alpha value is -6.85. The molecule has 0 saturated heterocycles. The molecule has 0 radical (unpaired) electrons. The molecule has 50 heavy (non-hydrogen) atoms. The molecule has 0 spiro atoms. The Morgan fingerprint density at radius 2 is 0.800 bits per heavy atom. The average Bonchev–Trinajstić information content (AvgIpc) is 3.73. The Balaban J connectivity index is 1.23. The number of fused-ring (bicyclic) bond motifs is 6. The van der Waals surface area contributed by atoms with E-state index in [-0.39, 0.29) is 0 Å². The summed E-state index contributed by atoms with van der Waals surface area (Å²) in [6, 6.07) is 58.7. The number of para-hydroxylation sites is 1. The Kier molecular flexibility index (Phi) is 6.42. The molecule has 0 saturated carbocycles. The Morgan fingerprint density at radius 3 is 1.40 bits per heavy atom. The SMILES string of the molecule is c1ccc(-c2ccc3c(c2)c2cc(-c4ccc5oc6ccccc6c5c4)ccc2n3-c2nc(-c3ccccc3)nc(-c3ccccc3)n2)cc1. The van der Waals surface area contributed by atoms with E-state index in [0.717, 1.165) is 71.6 Å². The van der Waals surface area contributed by atoms with Gasteiger partial charge in [-0.25, -0.2) is 4.98 Å². The number of nitrogens with zero attached hydrogens (tertiary/aromatic N) is 4. The lowest BCUT2D eigenvalue weighted by Gasteiger charge is -2.11. The second-order valence-corrected chi connectivity index (χ2v) is 12.5. The first-order valence-corrected chi connectivity index (χ1v) is 16.7. The van der Waals surface area contributed by atoms with E-state index >= 15 is 0 Å². The lowest BCUT2D eigenvalue weighted by molar-refractivity contribution is 0.669. The summed E-state index contributed by atoms with van der Waals surface area (Å²) in [5, 5.41) is 4.48. The van der Waals surface area contributed by atoms with E-state index in [9.17, 15) is 0 Å². The highest BCUT2D eigenvalue weighted by Crippen LogP contribution is 2.38. The molecule has 7 aromatic carbocycles. The molecule has 0 N–H and O–H groups in total. The molecule has 0 aliphatic carbocycles. The fourth-order valence-electron chi connectivity index (χ4n) is 7.03. The van der Waals surface area contributed by atoms with Crippen molar-refractivity contribution in [2.45, 2.75) is 0 Å².